The molecule has 0 amide bonds. The van der Waals surface area contributed by atoms with Gasteiger partial charge in [0.2, 0.25) is 0 Å². The minimum Gasteiger partial charge on any atom is -0.373 e. The number of nitrogens with one attached hydrogen (secondary N) is 2. The first-order valence-electron chi connectivity index (χ1n) is 5.04. The smallest absolute Gasteiger partial charge is 0.126 e. The average molecular weight is 201 g/mol. The molecule has 2 rings (SSSR count). The molecule has 0 aliphatic carbocycles. The number of rotatable bonds is 3. The van der Waals surface area contributed by atoms with Gasteiger partial charge in [-0.3, -0.25) is 0 Å². The third kappa shape index (κ3) is 2.07. The molecule has 0 fully saturated rings. The maximum atomic E-state index is 4.30. The molecule has 0 saturated heterocycles. The summed E-state index contributed by atoms with van der Waals surface area (Å²) in [6.45, 7) is 0.893. The average Bonchev–Trinajstić information content (AvgIpc) is 2.29. The molecule has 1 heterocycles. The van der Waals surface area contributed by atoms with E-state index in [-0.39, 0.29) is 0 Å². The van der Waals surface area contributed by atoms with Crippen molar-refractivity contribution in [3.63, 3.8) is 0 Å². The van der Waals surface area contributed by atoms with Gasteiger partial charge in [-0.2, -0.15) is 0 Å². The number of hydrogen-bond donors (Lipinski definition) is 2. The summed E-state index contributed by atoms with van der Waals surface area (Å²) in [5.74, 6) is 0.906. The molecule has 2 aromatic rings. The first kappa shape index (κ1) is 9.93. The minimum absolute atomic E-state index is 0.893. The Morgan fingerprint density at radius 2 is 2.00 bits per heavy atom. The van der Waals surface area contributed by atoms with Crippen LogP contribution in [0.1, 0.15) is 5.56 Å². The van der Waals surface area contributed by atoms with Crippen LogP contribution in [0.4, 0.5) is 5.82 Å². The Bertz CT molecular complexity index is 465. The van der Waals surface area contributed by atoms with Gasteiger partial charge in [0.05, 0.1) is 0 Å². The number of aromatic nitrogens is 1. The summed E-state index contributed by atoms with van der Waals surface area (Å²) < 4.78 is 0. The zero-order valence-corrected chi connectivity index (χ0v) is 9.04. The van der Waals surface area contributed by atoms with Crippen molar-refractivity contribution in [2.45, 2.75) is 6.54 Å². The van der Waals surface area contributed by atoms with E-state index in [0.717, 1.165) is 12.4 Å². The summed E-state index contributed by atoms with van der Waals surface area (Å²) >= 11 is 0. The van der Waals surface area contributed by atoms with Gasteiger partial charge < -0.3 is 10.6 Å². The number of anilines is 1. The highest BCUT2D eigenvalue weighted by Gasteiger charge is 1.98. The fourth-order valence-corrected chi connectivity index (χ4v) is 1.64. The number of fused-ring (bicyclic) bond motifs is 1. The number of benzene rings is 1. The molecule has 0 aliphatic heterocycles. The molecular formula is C12H15N3. The molecule has 0 bridgehead atoms. The van der Waals surface area contributed by atoms with Crippen LogP contribution in [0.25, 0.3) is 10.8 Å². The van der Waals surface area contributed by atoms with Crippen LogP contribution in [0.2, 0.25) is 0 Å². The van der Waals surface area contributed by atoms with Gasteiger partial charge in [-0.25, -0.2) is 4.98 Å². The number of nitrogens with zero attached hydrogens (tertiary/aromatic N) is 1. The van der Waals surface area contributed by atoms with Crippen molar-refractivity contribution < 1.29 is 0 Å². The normalized spacial score (nSPS) is 10.5. The molecule has 1 aromatic carbocycles. The maximum Gasteiger partial charge on any atom is 0.126 e. The van der Waals surface area contributed by atoms with E-state index < -0.39 is 0 Å². The van der Waals surface area contributed by atoms with Crippen molar-refractivity contribution in [2.75, 3.05) is 19.4 Å². The molecular weight excluding hydrogens is 186 g/mol. The van der Waals surface area contributed by atoms with Gasteiger partial charge in [-0.1, -0.05) is 12.1 Å². The van der Waals surface area contributed by atoms with E-state index >= 15 is 0 Å². The minimum atomic E-state index is 0.893. The molecule has 0 aliphatic rings. The molecule has 78 valence electrons. The van der Waals surface area contributed by atoms with E-state index in [4.69, 9.17) is 0 Å². The topological polar surface area (TPSA) is 37.0 Å². The summed E-state index contributed by atoms with van der Waals surface area (Å²) in [5, 5.41) is 8.57. The SMILES string of the molecule is CNCc1ccc2cc(NC)ncc2c1. The zero-order valence-electron chi connectivity index (χ0n) is 9.04. The number of pyridine rings is 1. The third-order valence-corrected chi connectivity index (χ3v) is 2.42. The largest absolute Gasteiger partial charge is 0.373 e. The Morgan fingerprint density at radius 1 is 1.13 bits per heavy atom. The Labute approximate surface area is 89.5 Å². The van der Waals surface area contributed by atoms with Crippen molar-refractivity contribution in [3.05, 3.63) is 36.0 Å². The van der Waals surface area contributed by atoms with Gasteiger partial charge >= 0.3 is 0 Å². The van der Waals surface area contributed by atoms with Gasteiger partial charge in [0.15, 0.2) is 0 Å². The lowest BCUT2D eigenvalue weighted by atomic mass is 10.1. The van der Waals surface area contributed by atoms with Crippen LogP contribution in [0, 0.1) is 0 Å². The second kappa shape index (κ2) is 4.28. The van der Waals surface area contributed by atoms with E-state index in [9.17, 15) is 0 Å². The van der Waals surface area contributed by atoms with Crippen LogP contribution in [0.3, 0.4) is 0 Å². The number of hydrogen-bond acceptors (Lipinski definition) is 3. The second-order valence-corrected chi connectivity index (χ2v) is 3.53. The van der Waals surface area contributed by atoms with Crippen molar-refractivity contribution in [1.82, 2.24) is 10.3 Å². The molecule has 2 N–H and O–H groups in total. The van der Waals surface area contributed by atoms with E-state index in [1.54, 1.807) is 0 Å². The molecule has 3 nitrogen and oxygen atoms in total. The van der Waals surface area contributed by atoms with E-state index in [0.29, 0.717) is 0 Å². The van der Waals surface area contributed by atoms with Crippen LogP contribution >= 0.6 is 0 Å². The van der Waals surface area contributed by atoms with Crippen molar-refractivity contribution in [3.8, 4) is 0 Å². The van der Waals surface area contributed by atoms with E-state index in [1.165, 1.54) is 16.3 Å². The second-order valence-electron chi connectivity index (χ2n) is 3.53. The Hall–Kier alpha value is -1.61. The van der Waals surface area contributed by atoms with Gasteiger partial charge in [0.25, 0.3) is 0 Å². The summed E-state index contributed by atoms with van der Waals surface area (Å²) in [6, 6.07) is 8.49. The molecule has 0 radical (unpaired) electrons. The highest BCUT2D eigenvalue weighted by molar-refractivity contribution is 5.84. The van der Waals surface area contributed by atoms with Crippen LogP contribution in [-0.2, 0) is 6.54 Å². The first-order chi connectivity index (χ1) is 7.33. The van der Waals surface area contributed by atoms with Crippen LogP contribution in [-0.4, -0.2) is 19.1 Å². The van der Waals surface area contributed by atoms with Crippen molar-refractivity contribution >= 4 is 16.6 Å². The van der Waals surface area contributed by atoms with Gasteiger partial charge in [-0.15, -0.1) is 0 Å². The summed E-state index contributed by atoms with van der Waals surface area (Å²) in [5.41, 5.74) is 1.28. The lowest BCUT2D eigenvalue weighted by Crippen LogP contribution is -2.04. The first-order valence-corrected chi connectivity index (χ1v) is 5.04. The maximum absolute atomic E-state index is 4.30. The van der Waals surface area contributed by atoms with E-state index in [2.05, 4.69) is 39.9 Å². The Kier molecular flexibility index (Phi) is 2.83. The zero-order chi connectivity index (χ0) is 10.7. The highest BCUT2D eigenvalue weighted by Crippen LogP contribution is 2.17. The van der Waals surface area contributed by atoms with Crippen molar-refractivity contribution in [2.24, 2.45) is 0 Å². The predicted molar refractivity (Wildman–Crippen MR) is 64.1 cm³/mol. The molecule has 0 unspecified atom stereocenters. The summed E-state index contributed by atoms with van der Waals surface area (Å²) in [6.07, 6.45) is 1.90. The van der Waals surface area contributed by atoms with Gasteiger partial charge in [-0.05, 0) is 30.1 Å². The third-order valence-electron chi connectivity index (χ3n) is 2.42. The molecule has 3 heteroatoms. The molecule has 0 atom stereocenters. The molecule has 1 aromatic heterocycles. The summed E-state index contributed by atoms with van der Waals surface area (Å²) in [7, 11) is 3.83. The fraction of sp³-hybridized carbons (Fsp3) is 0.250. The Balaban J connectivity index is 2.45. The monoisotopic (exact) mass is 201 g/mol. The van der Waals surface area contributed by atoms with Crippen molar-refractivity contribution in [1.29, 1.82) is 0 Å². The lowest BCUT2D eigenvalue weighted by Gasteiger charge is -2.04. The van der Waals surface area contributed by atoms with E-state index in [1.807, 2.05) is 20.3 Å². The van der Waals surface area contributed by atoms with Gasteiger partial charge in [0, 0.05) is 25.2 Å². The summed E-state index contributed by atoms with van der Waals surface area (Å²) in [4.78, 5) is 4.30. The van der Waals surface area contributed by atoms with Crippen LogP contribution < -0.4 is 10.6 Å². The van der Waals surface area contributed by atoms with Crippen LogP contribution in [0.5, 0.6) is 0 Å². The molecule has 0 spiro atoms. The van der Waals surface area contributed by atoms with Crippen LogP contribution in [0.15, 0.2) is 30.5 Å². The standard InChI is InChI=1S/C12H15N3/c1-13-7-9-3-4-10-6-12(14-2)15-8-11(10)5-9/h3-6,8,13H,7H2,1-2H3,(H,14,15). The van der Waals surface area contributed by atoms with Gasteiger partial charge in [0.1, 0.15) is 5.82 Å². The lowest BCUT2D eigenvalue weighted by molar-refractivity contribution is 0.819. The predicted octanol–water partition coefficient (Wildman–Crippen LogP) is 2.00. The quantitative estimate of drug-likeness (QED) is 0.797. The molecule has 0 saturated carbocycles. The molecule has 15 heavy (non-hydrogen) atoms. The Morgan fingerprint density at radius 3 is 2.73 bits per heavy atom. The fourth-order valence-electron chi connectivity index (χ4n) is 1.64. The highest BCUT2D eigenvalue weighted by atomic mass is 14.9.